The lowest BCUT2D eigenvalue weighted by molar-refractivity contribution is 0.427. The van der Waals surface area contributed by atoms with E-state index in [0.29, 0.717) is 0 Å². The van der Waals surface area contributed by atoms with E-state index in [1.54, 1.807) is 0 Å². The van der Waals surface area contributed by atoms with Crippen LogP contribution in [0.25, 0.3) is 11.3 Å². The van der Waals surface area contributed by atoms with Crippen molar-refractivity contribution in [3.63, 3.8) is 0 Å². The number of benzene rings is 1. The summed E-state index contributed by atoms with van der Waals surface area (Å²) in [6.07, 6.45) is 0. The van der Waals surface area contributed by atoms with E-state index in [4.69, 9.17) is 4.52 Å². The number of aryl methyl sites for hydroxylation is 2. The molecule has 0 aliphatic carbocycles. The summed E-state index contributed by atoms with van der Waals surface area (Å²) in [5, 5.41) is 3.84. The number of rotatable bonds is 1. The minimum atomic E-state index is 0. The molecule has 1 aromatic heterocycles. The predicted octanol–water partition coefficient (Wildman–Crippen LogP) is 3.12. The monoisotopic (exact) mass is 190 g/mol. The van der Waals surface area contributed by atoms with Crippen LogP contribution in [0.2, 0.25) is 0 Å². The van der Waals surface area contributed by atoms with Gasteiger partial charge in [-0.2, -0.15) is 0 Å². The molecule has 0 unspecified atom stereocenters. The summed E-state index contributed by atoms with van der Waals surface area (Å²) in [7, 11) is 0. The molecule has 0 atom stereocenters. The van der Waals surface area contributed by atoms with Gasteiger partial charge in [-0.25, -0.2) is 0 Å². The van der Waals surface area contributed by atoms with Crippen LogP contribution in [-0.4, -0.2) is 5.16 Å². The second-order valence-corrected chi connectivity index (χ2v) is 3.20. The zero-order valence-electron chi connectivity index (χ0n) is 8.45. The van der Waals surface area contributed by atoms with E-state index in [1.165, 1.54) is 5.56 Å². The number of hydrogen-bond donors (Lipinski definition) is 1. The first-order chi connectivity index (χ1) is 6.25. The smallest absolute Gasteiger partial charge is 0.167 e. The molecule has 0 spiro atoms. The van der Waals surface area contributed by atoms with Gasteiger partial charge in [-0.05, 0) is 13.8 Å². The Hall–Kier alpha value is -1.61. The molecule has 2 rings (SSSR count). The van der Waals surface area contributed by atoms with Crippen LogP contribution < -0.4 is 6.15 Å². The molecule has 1 heterocycles. The van der Waals surface area contributed by atoms with E-state index < -0.39 is 0 Å². The lowest BCUT2D eigenvalue weighted by Gasteiger charge is -1.94. The van der Waals surface area contributed by atoms with Gasteiger partial charge in [0.1, 0.15) is 0 Å². The van der Waals surface area contributed by atoms with Gasteiger partial charge in [0.2, 0.25) is 0 Å². The van der Waals surface area contributed by atoms with Crippen LogP contribution in [0.3, 0.4) is 0 Å². The predicted molar refractivity (Wildman–Crippen MR) is 56.4 cm³/mol. The van der Waals surface area contributed by atoms with Crippen LogP contribution in [-0.2, 0) is 0 Å². The average molecular weight is 190 g/mol. The largest absolute Gasteiger partial charge is 0.356 e. The third-order valence-electron chi connectivity index (χ3n) is 1.96. The molecule has 0 saturated carbocycles. The highest BCUT2D eigenvalue weighted by molar-refractivity contribution is 5.57. The van der Waals surface area contributed by atoms with Crippen molar-refractivity contribution in [2.75, 3.05) is 0 Å². The SMILES string of the molecule is Cc1ccc(-c2cc(C)no2)cc1.N. The Morgan fingerprint density at radius 2 is 1.71 bits per heavy atom. The minimum Gasteiger partial charge on any atom is -0.356 e. The molecule has 0 aliphatic heterocycles. The van der Waals surface area contributed by atoms with Gasteiger partial charge in [0.05, 0.1) is 5.69 Å². The van der Waals surface area contributed by atoms with Crippen molar-refractivity contribution in [3.05, 3.63) is 41.6 Å². The van der Waals surface area contributed by atoms with Gasteiger partial charge in [-0.15, -0.1) is 0 Å². The molecule has 0 radical (unpaired) electrons. The maximum absolute atomic E-state index is 5.14. The van der Waals surface area contributed by atoms with Gasteiger partial charge < -0.3 is 10.7 Å². The molecular weight excluding hydrogens is 176 g/mol. The first kappa shape index (κ1) is 10.5. The minimum absolute atomic E-state index is 0. The standard InChI is InChI=1S/C11H11NO.H3N/c1-8-3-5-10(6-4-8)11-7-9(2)12-13-11;/h3-7H,1-2H3;1H3. The summed E-state index contributed by atoms with van der Waals surface area (Å²) in [6, 6.07) is 10.1. The van der Waals surface area contributed by atoms with Gasteiger partial charge in [-0.1, -0.05) is 35.0 Å². The summed E-state index contributed by atoms with van der Waals surface area (Å²) >= 11 is 0. The highest BCUT2D eigenvalue weighted by Gasteiger charge is 2.02. The molecule has 1 aromatic carbocycles. The maximum atomic E-state index is 5.14. The summed E-state index contributed by atoms with van der Waals surface area (Å²) < 4.78 is 5.14. The van der Waals surface area contributed by atoms with Crippen LogP contribution in [0.15, 0.2) is 34.9 Å². The van der Waals surface area contributed by atoms with E-state index in [9.17, 15) is 0 Å². The molecular formula is C11H14N2O. The molecule has 0 amide bonds. The molecule has 0 aliphatic rings. The molecule has 3 heteroatoms. The molecule has 3 nitrogen and oxygen atoms in total. The highest BCUT2D eigenvalue weighted by atomic mass is 16.5. The van der Waals surface area contributed by atoms with Crippen LogP contribution in [0.5, 0.6) is 0 Å². The zero-order chi connectivity index (χ0) is 9.26. The fourth-order valence-corrected chi connectivity index (χ4v) is 1.22. The summed E-state index contributed by atoms with van der Waals surface area (Å²) in [5.74, 6) is 0.831. The van der Waals surface area contributed by atoms with Crippen LogP contribution in [0.1, 0.15) is 11.3 Å². The van der Waals surface area contributed by atoms with Crippen molar-refractivity contribution >= 4 is 0 Å². The Morgan fingerprint density at radius 1 is 1.07 bits per heavy atom. The normalized spacial score (nSPS) is 9.57. The van der Waals surface area contributed by atoms with Gasteiger partial charge >= 0.3 is 0 Å². The van der Waals surface area contributed by atoms with E-state index in [0.717, 1.165) is 17.0 Å². The van der Waals surface area contributed by atoms with Crippen LogP contribution >= 0.6 is 0 Å². The molecule has 2 aromatic rings. The van der Waals surface area contributed by atoms with Gasteiger partial charge in [0, 0.05) is 11.6 Å². The van der Waals surface area contributed by atoms with Crippen molar-refractivity contribution < 1.29 is 4.52 Å². The first-order valence-electron chi connectivity index (χ1n) is 4.26. The molecule has 14 heavy (non-hydrogen) atoms. The van der Waals surface area contributed by atoms with Gasteiger partial charge in [0.15, 0.2) is 5.76 Å². The number of aromatic nitrogens is 1. The maximum Gasteiger partial charge on any atom is 0.167 e. The van der Waals surface area contributed by atoms with E-state index in [-0.39, 0.29) is 6.15 Å². The Bertz CT molecular complexity index is 403. The van der Waals surface area contributed by atoms with Crippen molar-refractivity contribution in [2.24, 2.45) is 0 Å². The second-order valence-electron chi connectivity index (χ2n) is 3.20. The topological polar surface area (TPSA) is 61.0 Å². The molecule has 0 saturated heterocycles. The van der Waals surface area contributed by atoms with Crippen molar-refractivity contribution in [3.8, 4) is 11.3 Å². The Labute approximate surface area is 83.3 Å². The molecule has 0 fully saturated rings. The highest BCUT2D eigenvalue weighted by Crippen LogP contribution is 2.19. The van der Waals surface area contributed by atoms with E-state index in [2.05, 4.69) is 24.2 Å². The zero-order valence-corrected chi connectivity index (χ0v) is 8.45. The lowest BCUT2D eigenvalue weighted by Crippen LogP contribution is -1.74. The number of nitrogens with zero attached hydrogens (tertiary/aromatic N) is 1. The fourth-order valence-electron chi connectivity index (χ4n) is 1.22. The van der Waals surface area contributed by atoms with Crippen LogP contribution in [0, 0.1) is 13.8 Å². The number of hydrogen-bond acceptors (Lipinski definition) is 3. The fraction of sp³-hybridized carbons (Fsp3) is 0.182. The molecule has 0 bridgehead atoms. The van der Waals surface area contributed by atoms with E-state index >= 15 is 0 Å². The summed E-state index contributed by atoms with van der Waals surface area (Å²) in [4.78, 5) is 0. The lowest BCUT2D eigenvalue weighted by atomic mass is 10.1. The Morgan fingerprint density at radius 3 is 2.21 bits per heavy atom. The van der Waals surface area contributed by atoms with Gasteiger partial charge in [-0.3, -0.25) is 0 Å². The summed E-state index contributed by atoms with van der Waals surface area (Å²) in [5.41, 5.74) is 3.24. The van der Waals surface area contributed by atoms with Crippen molar-refractivity contribution in [1.29, 1.82) is 0 Å². The Kier molecular flexibility index (Phi) is 3.04. The third-order valence-corrected chi connectivity index (χ3v) is 1.96. The van der Waals surface area contributed by atoms with Gasteiger partial charge in [0.25, 0.3) is 0 Å². The second kappa shape index (κ2) is 4.07. The van der Waals surface area contributed by atoms with Crippen molar-refractivity contribution in [2.45, 2.75) is 13.8 Å². The third kappa shape index (κ3) is 2.00. The average Bonchev–Trinajstić information content (AvgIpc) is 2.53. The van der Waals surface area contributed by atoms with E-state index in [1.807, 2.05) is 25.1 Å². The molecule has 3 N–H and O–H groups in total. The van der Waals surface area contributed by atoms with Crippen LogP contribution in [0.4, 0.5) is 0 Å². The Balaban J connectivity index is 0.000000980. The van der Waals surface area contributed by atoms with Crippen molar-refractivity contribution in [1.82, 2.24) is 11.3 Å². The molecule has 74 valence electrons. The quantitative estimate of drug-likeness (QED) is 0.751. The summed E-state index contributed by atoms with van der Waals surface area (Å²) in [6.45, 7) is 3.98. The first-order valence-corrected chi connectivity index (χ1v) is 4.26.